The van der Waals surface area contributed by atoms with Crippen LogP contribution in [0.3, 0.4) is 0 Å². The van der Waals surface area contributed by atoms with Gasteiger partial charge in [0.15, 0.2) is 0 Å². The number of aryl methyl sites for hydroxylation is 1. The van der Waals surface area contributed by atoms with Crippen LogP contribution in [-0.2, 0) is 14.8 Å². The van der Waals surface area contributed by atoms with E-state index in [0.29, 0.717) is 17.5 Å². The molecule has 9 nitrogen and oxygen atoms in total. The number of furan rings is 1. The molecule has 5 rings (SSSR count). The zero-order chi connectivity index (χ0) is 26.0. The molecule has 2 aromatic carbocycles. The number of rotatable bonds is 8. The van der Waals surface area contributed by atoms with E-state index in [1.807, 2.05) is 25.1 Å². The average molecular weight is 539 g/mol. The van der Waals surface area contributed by atoms with E-state index >= 15 is 0 Å². The molecule has 0 bridgehead atoms. The van der Waals surface area contributed by atoms with Crippen molar-refractivity contribution in [2.45, 2.75) is 30.8 Å². The van der Waals surface area contributed by atoms with Gasteiger partial charge >= 0.3 is 0 Å². The fourth-order valence-electron chi connectivity index (χ4n) is 4.02. The van der Waals surface area contributed by atoms with Gasteiger partial charge in [0.1, 0.15) is 5.76 Å². The molecular formula is C26H26N4O5S2. The highest BCUT2D eigenvalue weighted by Crippen LogP contribution is 2.31. The number of amides is 1. The summed E-state index contributed by atoms with van der Waals surface area (Å²) in [5.41, 5.74) is 2.11. The van der Waals surface area contributed by atoms with E-state index in [1.165, 1.54) is 64.4 Å². The highest BCUT2D eigenvalue weighted by Gasteiger charge is 2.27. The summed E-state index contributed by atoms with van der Waals surface area (Å²) in [4.78, 5) is 18.2. The first-order valence-electron chi connectivity index (χ1n) is 11.8. The van der Waals surface area contributed by atoms with E-state index in [9.17, 15) is 13.2 Å². The minimum Gasteiger partial charge on any atom is -0.463 e. The fraction of sp³-hybridized carbons (Fsp3) is 0.269. The summed E-state index contributed by atoms with van der Waals surface area (Å²) in [5, 5.41) is 5.95. The van der Waals surface area contributed by atoms with Gasteiger partial charge in [0, 0.05) is 25.8 Å². The van der Waals surface area contributed by atoms with E-state index in [0.717, 1.165) is 28.6 Å². The third kappa shape index (κ3) is 5.49. The molecule has 1 fully saturated rings. The quantitative estimate of drug-likeness (QED) is 0.238. The predicted octanol–water partition coefficient (Wildman–Crippen LogP) is 4.68. The van der Waals surface area contributed by atoms with Crippen LogP contribution in [0, 0.1) is 6.92 Å². The lowest BCUT2D eigenvalue weighted by Crippen LogP contribution is -2.34. The molecule has 11 heteroatoms. The fourth-order valence-corrected chi connectivity index (χ4v) is 6.25. The Morgan fingerprint density at radius 2 is 2.03 bits per heavy atom. The van der Waals surface area contributed by atoms with Crippen LogP contribution in [0.25, 0.3) is 10.2 Å². The van der Waals surface area contributed by atoms with Crippen LogP contribution in [0.4, 0.5) is 5.13 Å². The lowest BCUT2D eigenvalue weighted by Gasteiger charge is -2.20. The summed E-state index contributed by atoms with van der Waals surface area (Å²) in [6, 6.07) is 15.2. The van der Waals surface area contributed by atoms with E-state index < -0.39 is 15.9 Å². The van der Waals surface area contributed by atoms with Gasteiger partial charge in [-0.05, 0) is 73.9 Å². The van der Waals surface area contributed by atoms with Crippen molar-refractivity contribution in [3.05, 3.63) is 77.7 Å². The normalized spacial score (nSPS) is 16.2. The van der Waals surface area contributed by atoms with Crippen LogP contribution in [0.2, 0.25) is 0 Å². The molecule has 2 aromatic heterocycles. The van der Waals surface area contributed by atoms with Crippen molar-refractivity contribution >= 4 is 48.8 Å². The second kappa shape index (κ2) is 10.5. The number of likely N-dealkylation sites (N-methyl/N-ethyl adjacent to an activating group) is 1. The molecule has 0 spiro atoms. The van der Waals surface area contributed by atoms with Gasteiger partial charge in [-0.2, -0.15) is 14.4 Å². The lowest BCUT2D eigenvalue weighted by atomic mass is 10.2. The maximum Gasteiger partial charge on any atom is 0.280 e. The molecule has 1 unspecified atom stereocenters. The number of carbonyl (C=O) groups excluding carboxylic acids is 1. The molecule has 37 heavy (non-hydrogen) atoms. The Labute approximate surface area is 219 Å². The predicted molar refractivity (Wildman–Crippen MR) is 143 cm³/mol. The standard InChI is InChI=1S/C26H26N4O5S2/c1-18-7-12-23-24(15-18)36-26(28-23)30(27-16-20-5-3-13-34-20)25(31)19-8-10-22(11-9-19)37(32,33)29(2)17-21-6-4-14-35-21/h3,5,7-13,15-16,21H,4,6,14,17H2,1-2H3/b27-16+. The first-order chi connectivity index (χ1) is 17.8. The molecule has 1 atom stereocenters. The van der Waals surface area contributed by atoms with Crippen LogP contribution in [0.5, 0.6) is 0 Å². The smallest absolute Gasteiger partial charge is 0.280 e. The van der Waals surface area contributed by atoms with Crippen LogP contribution >= 0.6 is 11.3 Å². The van der Waals surface area contributed by atoms with Crippen molar-refractivity contribution in [1.82, 2.24) is 9.29 Å². The van der Waals surface area contributed by atoms with Gasteiger partial charge in [-0.1, -0.05) is 17.4 Å². The number of benzene rings is 2. The van der Waals surface area contributed by atoms with Crippen LogP contribution < -0.4 is 5.01 Å². The number of hydrazone groups is 1. The van der Waals surface area contributed by atoms with Gasteiger partial charge < -0.3 is 9.15 Å². The van der Waals surface area contributed by atoms with Gasteiger partial charge in [0.05, 0.1) is 33.7 Å². The Kier molecular flexibility index (Phi) is 7.20. The van der Waals surface area contributed by atoms with Gasteiger partial charge in [0.25, 0.3) is 5.91 Å². The Morgan fingerprint density at radius 3 is 2.73 bits per heavy atom. The van der Waals surface area contributed by atoms with Crippen LogP contribution in [0.1, 0.15) is 34.5 Å². The van der Waals surface area contributed by atoms with Gasteiger partial charge in [-0.25, -0.2) is 13.4 Å². The minimum absolute atomic E-state index is 0.0983. The number of fused-ring (bicyclic) bond motifs is 1. The summed E-state index contributed by atoms with van der Waals surface area (Å²) in [5.74, 6) is 0.0284. The Hall–Kier alpha value is -3.38. The molecule has 1 saturated heterocycles. The van der Waals surface area contributed by atoms with Crippen molar-refractivity contribution in [2.75, 3.05) is 25.2 Å². The van der Waals surface area contributed by atoms with E-state index in [4.69, 9.17) is 9.15 Å². The van der Waals surface area contributed by atoms with E-state index in [1.54, 1.807) is 12.1 Å². The SMILES string of the molecule is Cc1ccc2nc(N(/N=C/c3ccco3)C(=O)c3ccc(S(=O)(=O)N(C)CC4CCCO4)cc3)sc2c1. The molecule has 1 aliphatic heterocycles. The Bertz CT molecular complexity index is 1520. The van der Waals surface area contributed by atoms with E-state index in [-0.39, 0.29) is 23.1 Å². The summed E-state index contributed by atoms with van der Waals surface area (Å²) in [6.07, 6.45) is 4.63. The van der Waals surface area contributed by atoms with Gasteiger partial charge in [0.2, 0.25) is 15.2 Å². The zero-order valence-electron chi connectivity index (χ0n) is 20.4. The number of sulfonamides is 1. The highest BCUT2D eigenvalue weighted by atomic mass is 32.2. The lowest BCUT2D eigenvalue weighted by molar-refractivity contribution is 0.0978. The number of nitrogens with zero attached hydrogens (tertiary/aromatic N) is 4. The molecular weight excluding hydrogens is 512 g/mol. The first-order valence-corrected chi connectivity index (χ1v) is 14.0. The summed E-state index contributed by atoms with van der Waals surface area (Å²) >= 11 is 1.34. The topological polar surface area (TPSA) is 105 Å². The summed E-state index contributed by atoms with van der Waals surface area (Å²) in [6.45, 7) is 2.93. The molecule has 0 N–H and O–H groups in total. The minimum atomic E-state index is -3.73. The molecule has 3 heterocycles. The molecule has 192 valence electrons. The highest BCUT2D eigenvalue weighted by molar-refractivity contribution is 7.89. The maximum atomic E-state index is 13.5. The van der Waals surface area contributed by atoms with Crippen molar-refractivity contribution in [3.63, 3.8) is 0 Å². The number of hydrogen-bond acceptors (Lipinski definition) is 8. The van der Waals surface area contributed by atoms with Crippen LogP contribution in [0.15, 0.2) is 75.3 Å². The van der Waals surface area contributed by atoms with E-state index in [2.05, 4.69) is 10.1 Å². The second-order valence-corrected chi connectivity index (χ2v) is 11.8. The monoisotopic (exact) mass is 538 g/mol. The third-order valence-electron chi connectivity index (χ3n) is 6.04. The Morgan fingerprint density at radius 1 is 1.22 bits per heavy atom. The molecule has 0 saturated carbocycles. The molecule has 1 aliphatic rings. The van der Waals surface area contributed by atoms with Crippen LogP contribution in [-0.4, -0.2) is 56.1 Å². The molecule has 0 radical (unpaired) electrons. The first kappa shape index (κ1) is 25.3. The number of ether oxygens (including phenoxy) is 1. The van der Waals surface area contributed by atoms with Crippen molar-refractivity contribution in [1.29, 1.82) is 0 Å². The third-order valence-corrected chi connectivity index (χ3v) is 8.88. The molecule has 4 aromatic rings. The number of anilines is 1. The largest absolute Gasteiger partial charge is 0.463 e. The second-order valence-electron chi connectivity index (χ2n) is 8.79. The maximum absolute atomic E-state index is 13.5. The number of aromatic nitrogens is 1. The number of thiazole rings is 1. The van der Waals surface area contributed by atoms with Crippen molar-refractivity contribution < 1.29 is 22.4 Å². The average Bonchev–Trinajstić information content (AvgIpc) is 3.66. The van der Waals surface area contributed by atoms with Gasteiger partial charge in [-0.3, -0.25) is 4.79 Å². The summed E-state index contributed by atoms with van der Waals surface area (Å²) < 4.78 is 39.2. The number of carbonyl (C=O) groups is 1. The zero-order valence-corrected chi connectivity index (χ0v) is 22.0. The molecule has 1 amide bonds. The number of hydrogen-bond donors (Lipinski definition) is 0. The van der Waals surface area contributed by atoms with Crippen molar-refractivity contribution in [3.8, 4) is 0 Å². The van der Waals surface area contributed by atoms with Gasteiger partial charge in [-0.15, -0.1) is 0 Å². The summed E-state index contributed by atoms with van der Waals surface area (Å²) in [7, 11) is -2.19. The molecule has 0 aliphatic carbocycles. The van der Waals surface area contributed by atoms with Crippen molar-refractivity contribution in [2.24, 2.45) is 5.10 Å². The Balaban J connectivity index is 1.42.